The van der Waals surface area contributed by atoms with Gasteiger partial charge in [0.25, 0.3) is 0 Å². The van der Waals surface area contributed by atoms with Crippen molar-refractivity contribution in [2.45, 2.75) is 6.61 Å². The number of carbonyl (C=O) groups is 1. The van der Waals surface area contributed by atoms with E-state index in [0.717, 1.165) is 32.9 Å². The van der Waals surface area contributed by atoms with Crippen molar-refractivity contribution in [3.63, 3.8) is 0 Å². The Morgan fingerprint density at radius 2 is 1.94 bits per heavy atom. The van der Waals surface area contributed by atoms with E-state index in [-0.39, 0.29) is 0 Å². The third-order valence-electron chi connectivity index (χ3n) is 5.09. The van der Waals surface area contributed by atoms with Gasteiger partial charge in [-0.2, -0.15) is 5.10 Å². The summed E-state index contributed by atoms with van der Waals surface area (Å²) in [7, 11) is 3.26. The number of aromatic nitrogens is 4. The smallest absolute Gasteiger partial charge is 0.351 e. The topological polar surface area (TPSA) is 71.2 Å². The SMILES string of the molecule is COC(=O)c1sc(-n2cnc3cc(-c4ccn(C)n4)ccc32)cc1OCc1ccccc1. The average molecular weight is 445 g/mol. The predicted octanol–water partition coefficient (Wildman–Crippen LogP) is 4.85. The number of ether oxygens (including phenoxy) is 2. The van der Waals surface area contributed by atoms with Crippen LogP contribution in [0.4, 0.5) is 0 Å². The lowest BCUT2D eigenvalue weighted by atomic mass is 10.1. The zero-order valence-electron chi connectivity index (χ0n) is 17.6. The predicted molar refractivity (Wildman–Crippen MR) is 123 cm³/mol. The molecule has 0 fully saturated rings. The van der Waals surface area contributed by atoms with E-state index in [2.05, 4.69) is 10.1 Å². The quantitative estimate of drug-likeness (QED) is 0.350. The minimum Gasteiger partial charge on any atom is -0.487 e. The molecule has 160 valence electrons. The van der Waals surface area contributed by atoms with Crippen LogP contribution in [0.25, 0.3) is 27.3 Å². The minimum atomic E-state index is -0.425. The second-order valence-corrected chi connectivity index (χ2v) is 8.27. The van der Waals surface area contributed by atoms with E-state index < -0.39 is 5.97 Å². The Hall–Kier alpha value is -3.91. The number of fused-ring (bicyclic) bond motifs is 1. The van der Waals surface area contributed by atoms with Crippen molar-refractivity contribution >= 4 is 28.3 Å². The van der Waals surface area contributed by atoms with Crippen molar-refractivity contribution in [2.75, 3.05) is 7.11 Å². The summed E-state index contributed by atoms with van der Waals surface area (Å²) in [4.78, 5) is 17.4. The van der Waals surface area contributed by atoms with Crippen molar-refractivity contribution in [3.8, 4) is 22.0 Å². The molecule has 8 heteroatoms. The van der Waals surface area contributed by atoms with Gasteiger partial charge >= 0.3 is 5.97 Å². The lowest BCUT2D eigenvalue weighted by molar-refractivity contribution is 0.0601. The van der Waals surface area contributed by atoms with Crippen LogP contribution in [-0.2, 0) is 18.4 Å². The highest BCUT2D eigenvalue weighted by molar-refractivity contribution is 7.16. The number of aryl methyl sites for hydroxylation is 1. The minimum absolute atomic E-state index is 0.360. The molecule has 0 amide bonds. The van der Waals surface area contributed by atoms with Gasteiger partial charge in [0.05, 0.1) is 23.8 Å². The fourth-order valence-electron chi connectivity index (χ4n) is 3.47. The number of benzene rings is 2. The monoisotopic (exact) mass is 444 g/mol. The van der Waals surface area contributed by atoms with E-state index in [1.165, 1.54) is 18.4 Å². The van der Waals surface area contributed by atoms with Gasteiger partial charge < -0.3 is 9.47 Å². The van der Waals surface area contributed by atoms with E-state index in [9.17, 15) is 4.79 Å². The molecule has 3 aromatic heterocycles. The van der Waals surface area contributed by atoms with Gasteiger partial charge in [-0.1, -0.05) is 36.4 Å². The van der Waals surface area contributed by atoms with Crippen LogP contribution in [-0.4, -0.2) is 32.4 Å². The third-order valence-corrected chi connectivity index (χ3v) is 6.18. The van der Waals surface area contributed by atoms with Crippen molar-refractivity contribution in [3.05, 3.63) is 83.6 Å². The molecule has 32 heavy (non-hydrogen) atoms. The summed E-state index contributed by atoms with van der Waals surface area (Å²) >= 11 is 1.31. The molecule has 0 aliphatic heterocycles. The van der Waals surface area contributed by atoms with Gasteiger partial charge in [-0.15, -0.1) is 11.3 Å². The summed E-state index contributed by atoms with van der Waals surface area (Å²) in [6.45, 7) is 0.360. The molecule has 0 unspecified atom stereocenters. The summed E-state index contributed by atoms with van der Waals surface area (Å²) in [6, 6.07) is 19.7. The fraction of sp³-hybridized carbons (Fsp3) is 0.125. The zero-order chi connectivity index (χ0) is 22.1. The average Bonchev–Trinajstić information content (AvgIpc) is 3.55. The Labute approximate surface area is 188 Å². The maximum atomic E-state index is 12.4. The van der Waals surface area contributed by atoms with E-state index in [0.29, 0.717) is 17.2 Å². The van der Waals surface area contributed by atoms with Gasteiger partial charge in [-0.25, -0.2) is 9.78 Å². The summed E-state index contributed by atoms with van der Waals surface area (Å²) in [5.41, 5.74) is 4.68. The van der Waals surface area contributed by atoms with Crippen LogP contribution >= 0.6 is 11.3 Å². The van der Waals surface area contributed by atoms with Gasteiger partial charge in [0.2, 0.25) is 0 Å². The number of hydrogen-bond donors (Lipinski definition) is 0. The summed E-state index contributed by atoms with van der Waals surface area (Å²) in [6.07, 6.45) is 3.66. The normalized spacial score (nSPS) is 11.1. The molecule has 0 bridgehead atoms. The van der Waals surface area contributed by atoms with Crippen LogP contribution in [0.1, 0.15) is 15.2 Å². The molecule has 0 N–H and O–H groups in total. The number of methoxy groups -OCH3 is 1. The molecule has 0 radical (unpaired) electrons. The molecule has 0 saturated heterocycles. The van der Waals surface area contributed by atoms with Gasteiger partial charge in [0.1, 0.15) is 23.7 Å². The molecule has 2 aromatic carbocycles. The highest BCUT2D eigenvalue weighted by Gasteiger charge is 2.20. The molecule has 0 atom stereocenters. The molecule has 3 heterocycles. The third kappa shape index (κ3) is 3.76. The van der Waals surface area contributed by atoms with Gasteiger partial charge in [-0.3, -0.25) is 9.25 Å². The van der Waals surface area contributed by atoms with Crippen LogP contribution in [0, 0.1) is 0 Å². The summed E-state index contributed by atoms with van der Waals surface area (Å²) in [5.74, 6) is 0.0684. The molecular weight excluding hydrogens is 424 g/mol. The molecule has 5 rings (SSSR count). The molecule has 5 aromatic rings. The molecule has 0 aliphatic carbocycles. The lowest BCUT2D eigenvalue weighted by Crippen LogP contribution is -2.02. The Morgan fingerprint density at radius 1 is 1.09 bits per heavy atom. The van der Waals surface area contributed by atoms with Crippen LogP contribution < -0.4 is 4.74 Å². The Kier molecular flexibility index (Phi) is 5.20. The first-order valence-electron chi connectivity index (χ1n) is 9.99. The van der Waals surface area contributed by atoms with Gasteiger partial charge in [-0.05, 0) is 23.8 Å². The maximum absolute atomic E-state index is 12.4. The van der Waals surface area contributed by atoms with Gasteiger partial charge in [0.15, 0.2) is 4.88 Å². The van der Waals surface area contributed by atoms with E-state index >= 15 is 0 Å². The van der Waals surface area contributed by atoms with E-state index in [1.807, 2.05) is 78.5 Å². The van der Waals surface area contributed by atoms with E-state index in [4.69, 9.17) is 9.47 Å². The van der Waals surface area contributed by atoms with Crippen molar-refractivity contribution in [2.24, 2.45) is 7.05 Å². The van der Waals surface area contributed by atoms with Gasteiger partial charge in [0, 0.05) is 24.9 Å². The molecular formula is C24H20N4O3S. The van der Waals surface area contributed by atoms with Crippen LogP contribution in [0.15, 0.2) is 73.2 Å². The largest absolute Gasteiger partial charge is 0.487 e. The number of thiophene rings is 1. The standard InChI is InChI=1S/C24H20N4O3S/c1-27-11-10-18(26-27)17-8-9-20-19(12-17)25-15-28(20)22-13-21(23(32-22)24(29)30-2)31-14-16-6-4-3-5-7-16/h3-13,15H,14H2,1-2H3. The number of imidazole rings is 1. The summed E-state index contributed by atoms with van der Waals surface area (Å²) in [5, 5.41) is 5.28. The molecule has 0 spiro atoms. The molecule has 0 saturated carbocycles. The number of carbonyl (C=O) groups excluding carboxylic acids is 1. The van der Waals surface area contributed by atoms with Crippen LogP contribution in [0.3, 0.4) is 0 Å². The van der Waals surface area contributed by atoms with Crippen molar-refractivity contribution in [1.29, 1.82) is 0 Å². The first kappa shape index (κ1) is 20.0. The first-order valence-corrected chi connectivity index (χ1v) is 10.8. The van der Waals surface area contributed by atoms with Crippen molar-refractivity contribution in [1.82, 2.24) is 19.3 Å². The number of esters is 1. The zero-order valence-corrected chi connectivity index (χ0v) is 18.4. The van der Waals surface area contributed by atoms with Crippen LogP contribution in [0.2, 0.25) is 0 Å². The second-order valence-electron chi connectivity index (χ2n) is 7.24. The Bertz CT molecular complexity index is 1400. The Morgan fingerprint density at radius 3 is 2.69 bits per heavy atom. The highest BCUT2D eigenvalue weighted by Crippen LogP contribution is 2.35. The highest BCUT2D eigenvalue weighted by atomic mass is 32.1. The van der Waals surface area contributed by atoms with Crippen molar-refractivity contribution < 1.29 is 14.3 Å². The summed E-state index contributed by atoms with van der Waals surface area (Å²) < 4.78 is 14.7. The first-order chi connectivity index (χ1) is 15.6. The maximum Gasteiger partial charge on any atom is 0.351 e. The molecule has 7 nitrogen and oxygen atoms in total. The molecule has 0 aliphatic rings. The second kappa shape index (κ2) is 8.32. The Balaban J connectivity index is 1.49. The number of hydrogen-bond acceptors (Lipinski definition) is 6. The van der Waals surface area contributed by atoms with Crippen LogP contribution in [0.5, 0.6) is 5.75 Å². The fourth-order valence-corrected chi connectivity index (χ4v) is 4.48. The van der Waals surface area contributed by atoms with E-state index in [1.54, 1.807) is 11.0 Å². The lowest BCUT2D eigenvalue weighted by Gasteiger charge is -2.06. The number of rotatable bonds is 6. The number of nitrogens with zero attached hydrogens (tertiary/aromatic N) is 4.